The van der Waals surface area contributed by atoms with Crippen LogP contribution in [-0.4, -0.2) is 12.1 Å². The predicted molar refractivity (Wildman–Crippen MR) is 138 cm³/mol. The summed E-state index contributed by atoms with van der Waals surface area (Å²) < 4.78 is 5.85. The summed E-state index contributed by atoms with van der Waals surface area (Å²) in [4.78, 5) is 12.1. The van der Waals surface area contributed by atoms with Crippen molar-refractivity contribution in [3.8, 4) is 0 Å². The van der Waals surface area contributed by atoms with Gasteiger partial charge in [-0.3, -0.25) is 4.79 Å². The number of allylic oxidation sites excluding steroid dienone is 1. The largest absolute Gasteiger partial charge is 0.462 e. The van der Waals surface area contributed by atoms with Crippen molar-refractivity contribution in [3.05, 3.63) is 11.6 Å². The molecule has 0 heterocycles. The topological polar surface area (TPSA) is 26.3 Å². The highest BCUT2D eigenvalue weighted by atomic mass is 16.5. The van der Waals surface area contributed by atoms with E-state index in [2.05, 4.69) is 47.6 Å². The average molecular weight is 457 g/mol. The van der Waals surface area contributed by atoms with Gasteiger partial charge in [0.15, 0.2) is 0 Å². The summed E-state index contributed by atoms with van der Waals surface area (Å²) in [6, 6.07) is 0. The molecule has 3 saturated carbocycles. The van der Waals surface area contributed by atoms with E-state index in [4.69, 9.17) is 4.74 Å². The van der Waals surface area contributed by atoms with Crippen molar-refractivity contribution >= 4 is 5.97 Å². The molecule has 0 saturated heterocycles. The molecule has 0 aromatic heterocycles. The lowest BCUT2D eigenvalue weighted by molar-refractivity contribution is -0.151. The molecule has 0 N–H and O–H groups in total. The summed E-state index contributed by atoms with van der Waals surface area (Å²) in [6.07, 6.45) is 18.8. The number of fused-ring (bicyclic) bond motifs is 5. The van der Waals surface area contributed by atoms with Crippen LogP contribution in [-0.2, 0) is 9.53 Å². The molecular formula is C31H52O2. The predicted octanol–water partition coefficient (Wildman–Crippen LogP) is 8.74. The Labute approximate surface area is 204 Å². The summed E-state index contributed by atoms with van der Waals surface area (Å²) in [7, 11) is 0. The fourth-order valence-electron chi connectivity index (χ4n) is 9.20. The summed E-state index contributed by atoms with van der Waals surface area (Å²) in [5, 5.41) is 0. The Morgan fingerprint density at radius 1 is 1.06 bits per heavy atom. The Morgan fingerprint density at radius 3 is 2.58 bits per heavy atom. The van der Waals surface area contributed by atoms with E-state index in [0.29, 0.717) is 17.3 Å². The van der Waals surface area contributed by atoms with Gasteiger partial charge in [0.1, 0.15) is 6.10 Å². The molecule has 4 aliphatic rings. The van der Waals surface area contributed by atoms with Crippen molar-refractivity contribution in [2.45, 2.75) is 131 Å². The maximum atomic E-state index is 12.1. The van der Waals surface area contributed by atoms with Crippen molar-refractivity contribution < 1.29 is 9.53 Å². The van der Waals surface area contributed by atoms with Crippen molar-refractivity contribution in [2.24, 2.45) is 46.3 Å². The summed E-state index contributed by atoms with van der Waals surface area (Å²) in [5.74, 6) is 5.31. The molecule has 0 radical (unpaired) electrons. The van der Waals surface area contributed by atoms with Crippen molar-refractivity contribution in [3.63, 3.8) is 0 Å². The zero-order valence-corrected chi connectivity index (χ0v) is 22.6. The zero-order chi connectivity index (χ0) is 23.8. The van der Waals surface area contributed by atoms with Crippen LogP contribution >= 0.6 is 0 Å². The highest BCUT2D eigenvalue weighted by Gasteiger charge is 2.59. The quantitative estimate of drug-likeness (QED) is 0.269. The van der Waals surface area contributed by atoms with E-state index >= 15 is 0 Å². The van der Waals surface area contributed by atoms with Gasteiger partial charge in [0.05, 0.1) is 0 Å². The molecule has 0 unspecified atom stereocenters. The van der Waals surface area contributed by atoms with Crippen molar-refractivity contribution in [2.75, 3.05) is 0 Å². The number of hydrogen-bond acceptors (Lipinski definition) is 2. The molecule has 8 atom stereocenters. The first-order chi connectivity index (χ1) is 15.7. The molecular weight excluding hydrogens is 404 g/mol. The van der Waals surface area contributed by atoms with Gasteiger partial charge >= 0.3 is 5.97 Å². The minimum absolute atomic E-state index is 0.00772. The molecule has 3 fully saturated rings. The lowest BCUT2D eigenvalue weighted by Gasteiger charge is -2.58. The van der Waals surface area contributed by atoms with E-state index in [1.807, 2.05) is 0 Å². The molecule has 2 nitrogen and oxygen atoms in total. The molecule has 0 bridgehead atoms. The van der Waals surface area contributed by atoms with Gasteiger partial charge in [-0.25, -0.2) is 0 Å². The van der Waals surface area contributed by atoms with E-state index in [1.54, 1.807) is 5.57 Å². The second-order valence-electron chi connectivity index (χ2n) is 13.4. The third-order valence-electron chi connectivity index (χ3n) is 11.0. The van der Waals surface area contributed by atoms with Gasteiger partial charge in [-0.1, -0.05) is 72.5 Å². The zero-order valence-electron chi connectivity index (χ0n) is 22.6. The Hall–Kier alpha value is -0.790. The lowest BCUT2D eigenvalue weighted by Crippen LogP contribution is -2.51. The highest BCUT2D eigenvalue weighted by Crippen LogP contribution is 2.67. The van der Waals surface area contributed by atoms with Gasteiger partial charge in [0.2, 0.25) is 0 Å². The Morgan fingerprint density at radius 2 is 1.85 bits per heavy atom. The molecule has 0 aromatic rings. The van der Waals surface area contributed by atoms with Crippen molar-refractivity contribution in [1.29, 1.82) is 0 Å². The van der Waals surface area contributed by atoms with E-state index in [9.17, 15) is 4.79 Å². The first-order valence-corrected chi connectivity index (χ1v) is 14.6. The Kier molecular flexibility index (Phi) is 7.72. The third-order valence-corrected chi connectivity index (χ3v) is 11.0. The van der Waals surface area contributed by atoms with Crippen LogP contribution in [0.5, 0.6) is 0 Å². The van der Waals surface area contributed by atoms with Crippen LogP contribution in [0.25, 0.3) is 0 Å². The molecule has 0 spiro atoms. The van der Waals surface area contributed by atoms with Crippen LogP contribution in [0.15, 0.2) is 11.6 Å². The number of rotatable bonds is 8. The second-order valence-corrected chi connectivity index (χ2v) is 13.4. The summed E-state index contributed by atoms with van der Waals surface area (Å²) in [6.45, 7) is 14.6. The van der Waals surface area contributed by atoms with Crippen LogP contribution in [0.2, 0.25) is 0 Å². The summed E-state index contributed by atoms with van der Waals surface area (Å²) in [5.41, 5.74) is 2.54. The van der Waals surface area contributed by atoms with Gasteiger partial charge in [-0.05, 0) is 97.7 Å². The minimum Gasteiger partial charge on any atom is -0.462 e. The van der Waals surface area contributed by atoms with Gasteiger partial charge in [-0.2, -0.15) is 0 Å². The number of hydrogen-bond donors (Lipinski definition) is 0. The lowest BCUT2D eigenvalue weighted by atomic mass is 9.47. The number of carbonyl (C=O) groups excluding carboxylic acids is 1. The summed E-state index contributed by atoms with van der Waals surface area (Å²) >= 11 is 0. The molecule has 4 aliphatic carbocycles. The number of carbonyl (C=O) groups is 1. The maximum Gasteiger partial charge on any atom is 0.306 e. The van der Waals surface area contributed by atoms with Gasteiger partial charge in [-0.15, -0.1) is 0 Å². The molecule has 4 rings (SSSR count). The first-order valence-electron chi connectivity index (χ1n) is 14.6. The molecule has 188 valence electrons. The van der Waals surface area contributed by atoms with E-state index in [1.165, 1.54) is 57.8 Å². The normalized spacial score (nSPS) is 41.1. The van der Waals surface area contributed by atoms with Crippen LogP contribution < -0.4 is 0 Å². The number of ether oxygens (including phenoxy) is 1. The van der Waals surface area contributed by atoms with Crippen LogP contribution in [0.1, 0.15) is 125 Å². The molecule has 0 amide bonds. The van der Waals surface area contributed by atoms with E-state index < -0.39 is 0 Å². The Balaban J connectivity index is 1.43. The smallest absolute Gasteiger partial charge is 0.306 e. The van der Waals surface area contributed by atoms with E-state index in [0.717, 1.165) is 54.8 Å². The first kappa shape index (κ1) is 25.3. The van der Waals surface area contributed by atoms with Crippen molar-refractivity contribution in [1.82, 2.24) is 0 Å². The molecule has 0 aromatic carbocycles. The van der Waals surface area contributed by atoms with Crippen LogP contribution in [0.4, 0.5) is 0 Å². The van der Waals surface area contributed by atoms with Gasteiger partial charge in [0.25, 0.3) is 0 Å². The third kappa shape index (κ3) is 4.84. The molecule has 0 aliphatic heterocycles. The van der Waals surface area contributed by atoms with Crippen LogP contribution in [0.3, 0.4) is 0 Å². The van der Waals surface area contributed by atoms with Gasteiger partial charge in [0, 0.05) is 12.8 Å². The SMILES string of the molecule is CCCC(=O)O[C@@H]1CC[C@@]2(C)C(=CC[C@H]3[C@H]4CC[C@H]([C@@H](C)CCCC(C)C)[C@]4(C)CC[C@H]32)C1. The standard InChI is InChI=1S/C31H52O2/c1-7-9-29(32)33-24-16-18-30(5)23(20-24)12-13-25-27-15-14-26(22(4)11-8-10-21(2)3)31(27,6)19-17-28(25)30/h12,21-22,24-28H,7-11,13-20H2,1-6H3/t22-,24+,25-,26+,27+,28+,30-,31-/m0/s1. The second kappa shape index (κ2) is 10.1. The van der Waals surface area contributed by atoms with E-state index in [-0.39, 0.29) is 12.1 Å². The minimum atomic E-state index is 0.00772. The fraction of sp³-hybridized carbons (Fsp3) is 0.903. The molecule has 33 heavy (non-hydrogen) atoms. The van der Waals surface area contributed by atoms with Crippen LogP contribution in [0, 0.1) is 46.3 Å². The average Bonchev–Trinajstić information content (AvgIpc) is 3.11. The Bertz CT molecular complexity index is 722. The fourth-order valence-corrected chi connectivity index (χ4v) is 9.20. The monoisotopic (exact) mass is 456 g/mol. The highest BCUT2D eigenvalue weighted by molar-refractivity contribution is 5.69. The van der Waals surface area contributed by atoms with Gasteiger partial charge < -0.3 is 4.74 Å². The molecule has 2 heteroatoms. The number of esters is 1. The maximum absolute atomic E-state index is 12.1.